The van der Waals surface area contributed by atoms with Crippen LogP contribution in [-0.2, 0) is 4.43 Å². The van der Waals surface area contributed by atoms with Gasteiger partial charge in [-0.3, -0.25) is 0 Å². The zero-order valence-electron chi connectivity index (χ0n) is 17.7. The molecule has 0 unspecified atom stereocenters. The largest absolute Gasteiger partial charge is 0.478 e. The molecule has 3 rings (SSSR count). The SMILES string of the molecule is CC(C)(C)[Si](OCC=Cc1ccc(C(=O)O)cc1)(c1ccccc1)c1ccccc1. The Balaban J connectivity index is 1.91. The maximum atomic E-state index is 11.0. The number of benzene rings is 3. The monoisotopic (exact) mass is 416 g/mol. The van der Waals surface area contributed by atoms with Gasteiger partial charge >= 0.3 is 5.97 Å². The number of carboxylic acid groups (broad SMARTS) is 1. The lowest BCUT2D eigenvalue weighted by Gasteiger charge is -2.42. The van der Waals surface area contributed by atoms with E-state index in [1.165, 1.54) is 10.4 Å². The molecule has 0 amide bonds. The molecule has 0 aliphatic carbocycles. The Kier molecular flexibility index (Phi) is 6.70. The minimum atomic E-state index is -2.54. The van der Waals surface area contributed by atoms with Gasteiger partial charge in [0.2, 0.25) is 0 Å². The minimum Gasteiger partial charge on any atom is -0.478 e. The summed E-state index contributed by atoms with van der Waals surface area (Å²) in [4.78, 5) is 11.0. The van der Waals surface area contributed by atoms with Gasteiger partial charge in [0.05, 0.1) is 12.2 Å². The Bertz CT molecular complexity index is 948. The summed E-state index contributed by atoms with van der Waals surface area (Å²) in [6.07, 6.45) is 3.98. The van der Waals surface area contributed by atoms with Gasteiger partial charge in [0.25, 0.3) is 8.32 Å². The quantitative estimate of drug-likeness (QED) is 0.553. The van der Waals surface area contributed by atoms with Crippen molar-refractivity contribution in [1.29, 1.82) is 0 Å². The molecular formula is C26H28O3Si. The summed E-state index contributed by atoms with van der Waals surface area (Å²) in [5.41, 5.74) is 1.24. The highest BCUT2D eigenvalue weighted by Gasteiger charge is 2.49. The van der Waals surface area contributed by atoms with Gasteiger partial charge in [0, 0.05) is 0 Å². The van der Waals surface area contributed by atoms with Gasteiger partial charge in [-0.1, -0.05) is 106 Å². The molecule has 30 heavy (non-hydrogen) atoms. The van der Waals surface area contributed by atoms with Crippen LogP contribution in [0.3, 0.4) is 0 Å². The number of hydrogen-bond donors (Lipinski definition) is 1. The van der Waals surface area contributed by atoms with Gasteiger partial charge in [0.15, 0.2) is 0 Å². The van der Waals surface area contributed by atoms with Crippen molar-refractivity contribution in [3.05, 3.63) is 102 Å². The van der Waals surface area contributed by atoms with E-state index in [9.17, 15) is 4.79 Å². The first-order chi connectivity index (χ1) is 14.3. The molecule has 3 nitrogen and oxygen atoms in total. The molecule has 0 heterocycles. The van der Waals surface area contributed by atoms with E-state index >= 15 is 0 Å². The zero-order chi connectivity index (χ0) is 21.6. The van der Waals surface area contributed by atoms with Crippen LogP contribution < -0.4 is 10.4 Å². The van der Waals surface area contributed by atoms with Crippen molar-refractivity contribution in [1.82, 2.24) is 0 Å². The average molecular weight is 417 g/mol. The lowest BCUT2D eigenvalue weighted by atomic mass is 10.1. The van der Waals surface area contributed by atoms with E-state index in [1.807, 2.05) is 36.4 Å². The van der Waals surface area contributed by atoms with Gasteiger partial charge in [0.1, 0.15) is 0 Å². The van der Waals surface area contributed by atoms with Crippen molar-refractivity contribution < 1.29 is 14.3 Å². The third-order valence-electron chi connectivity index (χ3n) is 5.28. The highest BCUT2D eigenvalue weighted by molar-refractivity contribution is 6.99. The zero-order valence-corrected chi connectivity index (χ0v) is 18.7. The molecule has 0 saturated heterocycles. The van der Waals surface area contributed by atoms with Crippen molar-refractivity contribution in [3.8, 4) is 0 Å². The highest BCUT2D eigenvalue weighted by Crippen LogP contribution is 2.36. The second kappa shape index (κ2) is 9.24. The molecule has 0 fully saturated rings. The van der Waals surface area contributed by atoms with Crippen LogP contribution in [0.5, 0.6) is 0 Å². The van der Waals surface area contributed by atoms with Gasteiger partial charge in [-0.25, -0.2) is 4.79 Å². The smallest absolute Gasteiger partial charge is 0.335 e. The molecule has 0 saturated carbocycles. The Morgan fingerprint density at radius 1 is 0.867 bits per heavy atom. The number of carboxylic acids is 1. The van der Waals surface area contributed by atoms with Gasteiger partial charge < -0.3 is 9.53 Å². The lowest BCUT2D eigenvalue weighted by Crippen LogP contribution is -2.66. The van der Waals surface area contributed by atoms with Crippen LogP contribution in [-0.4, -0.2) is 26.0 Å². The molecule has 0 aliphatic heterocycles. The summed E-state index contributed by atoms with van der Waals surface area (Å²) >= 11 is 0. The lowest BCUT2D eigenvalue weighted by molar-refractivity contribution is 0.0697. The summed E-state index contributed by atoms with van der Waals surface area (Å²) in [6.45, 7) is 7.25. The molecule has 0 spiro atoms. The standard InChI is InChI=1S/C26H28O3Si/c1-26(2,3)30(23-12-6-4-7-13-23,24-14-8-5-9-15-24)29-20-10-11-21-16-18-22(19-17-21)25(27)28/h4-19H,20H2,1-3H3,(H,27,28). The van der Waals surface area contributed by atoms with Crippen molar-refractivity contribution in [2.45, 2.75) is 25.8 Å². The van der Waals surface area contributed by atoms with E-state index in [0.717, 1.165) is 5.56 Å². The molecule has 4 heteroatoms. The van der Waals surface area contributed by atoms with Crippen LogP contribution in [0, 0.1) is 0 Å². The molecule has 154 valence electrons. The number of hydrogen-bond acceptors (Lipinski definition) is 2. The van der Waals surface area contributed by atoms with E-state index in [2.05, 4.69) is 69.3 Å². The average Bonchev–Trinajstić information content (AvgIpc) is 2.74. The first-order valence-corrected chi connectivity index (χ1v) is 12.0. The molecule has 3 aromatic rings. The van der Waals surface area contributed by atoms with E-state index in [0.29, 0.717) is 6.61 Å². The molecule has 0 bridgehead atoms. The fourth-order valence-corrected chi connectivity index (χ4v) is 8.36. The Morgan fingerprint density at radius 3 is 1.80 bits per heavy atom. The van der Waals surface area contributed by atoms with Crippen molar-refractivity contribution >= 4 is 30.7 Å². The number of rotatable bonds is 7. The van der Waals surface area contributed by atoms with Crippen LogP contribution in [0.25, 0.3) is 6.08 Å². The van der Waals surface area contributed by atoms with E-state index in [-0.39, 0.29) is 10.6 Å². The molecule has 1 N–H and O–H groups in total. The fraction of sp³-hybridized carbons (Fsp3) is 0.192. The van der Waals surface area contributed by atoms with E-state index in [1.54, 1.807) is 12.1 Å². The molecular weight excluding hydrogens is 388 g/mol. The molecule has 0 aliphatic rings. The van der Waals surface area contributed by atoms with Gasteiger partial charge in [-0.05, 0) is 33.1 Å². The maximum absolute atomic E-state index is 11.0. The Morgan fingerprint density at radius 2 is 1.37 bits per heavy atom. The van der Waals surface area contributed by atoms with Gasteiger partial charge in [-0.15, -0.1) is 0 Å². The predicted molar refractivity (Wildman–Crippen MR) is 126 cm³/mol. The highest BCUT2D eigenvalue weighted by atomic mass is 28.4. The molecule has 0 atom stereocenters. The van der Waals surface area contributed by atoms with Crippen LogP contribution in [0.4, 0.5) is 0 Å². The summed E-state index contributed by atoms with van der Waals surface area (Å²) in [5.74, 6) is -0.916. The summed E-state index contributed by atoms with van der Waals surface area (Å²) < 4.78 is 6.81. The Hall–Kier alpha value is -2.95. The first-order valence-electron chi connectivity index (χ1n) is 10.1. The van der Waals surface area contributed by atoms with Crippen LogP contribution >= 0.6 is 0 Å². The first kappa shape index (κ1) is 21.7. The van der Waals surface area contributed by atoms with Gasteiger partial charge in [-0.2, -0.15) is 0 Å². The normalized spacial score (nSPS) is 12.2. The number of carbonyl (C=O) groups is 1. The van der Waals surface area contributed by atoms with Crippen molar-refractivity contribution in [2.75, 3.05) is 6.61 Å². The molecule has 3 aromatic carbocycles. The van der Waals surface area contributed by atoms with Crippen molar-refractivity contribution in [3.63, 3.8) is 0 Å². The van der Waals surface area contributed by atoms with Crippen LogP contribution in [0.15, 0.2) is 91.0 Å². The summed E-state index contributed by atoms with van der Waals surface area (Å²) in [5, 5.41) is 11.5. The fourth-order valence-electron chi connectivity index (χ4n) is 3.86. The topological polar surface area (TPSA) is 46.5 Å². The predicted octanol–water partition coefficient (Wildman–Crippen LogP) is 4.97. The summed E-state index contributed by atoms with van der Waals surface area (Å²) in [7, 11) is -2.54. The van der Waals surface area contributed by atoms with Crippen LogP contribution in [0.2, 0.25) is 5.04 Å². The van der Waals surface area contributed by atoms with Crippen LogP contribution in [0.1, 0.15) is 36.7 Å². The maximum Gasteiger partial charge on any atom is 0.335 e. The molecule has 0 aromatic heterocycles. The third kappa shape index (κ3) is 4.61. The second-order valence-electron chi connectivity index (χ2n) is 8.30. The number of aromatic carboxylic acids is 1. The second-order valence-corrected chi connectivity index (χ2v) is 12.6. The Labute approximate surface area is 179 Å². The summed E-state index contributed by atoms with van der Waals surface area (Å²) in [6, 6.07) is 28.0. The van der Waals surface area contributed by atoms with E-state index in [4.69, 9.17) is 9.53 Å². The van der Waals surface area contributed by atoms with E-state index < -0.39 is 14.3 Å². The molecule has 0 radical (unpaired) electrons. The minimum absolute atomic E-state index is 0.0628. The van der Waals surface area contributed by atoms with Crippen molar-refractivity contribution in [2.24, 2.45) is 0 Å². The third-order valence-corrected chi connectivity index (χ3v) is 10.3.